The highest BCUT2D eigenvalue weighted by Crippen LogP contribution is 2.24. The van der Waals surface area contributed by atoms with Crippen molar-refractivity contribution in [1.29, 1.82) is 0 Å². The lowest BCUT2D eigenvalue weighted by Crippen LogP contribution is -2.39. The number of hydrogen-bond acceptors (Lipinski definition) is 4. The highest BCUT2D eigenvalue weighted by Gasteiger charge is 2.23. The molecule has 0 spiro atoms. The maximum absolute atomic E-state index is 12.2. The molecule has 0 aliphatic heterocycles. The first-order chi connectivity index (χ1) is 9.44. The summed E-state index contributed by atoms with van der Waals surface area (Å²) >= 11 is 0. The van der Waals surface area contributed by atoms with E-state index in [-0.39, 0.29) is 4.90 Å². The highest BCUT2D eigenvalue weighted by molar-refractivity contribution is 7.89. The van der Waals surface area contributed by atoms with Gasteiger partial charge in [-0.2, -0.15) is 4.72 Å². The molecule has 110 valence electrons. The first-order valence-electron chi connectivity index (χ1n) is 6.66. The van der Waals surface area contributed by atoms with E-state index >= 15 is 0 Å². The number of carbonyl (C=O) groups excluding carboxylic acids is 1. The van der Waals surface area contributed by atoms with E-state index < -0.39 is 22.0 Å². The molecule has 0 amide bonds. The third-order valence-electron chi connectivity index (χ3n) is 3.52. The van der Waals surface area contributed by atoms with Gasteiger partial charge in [0.15, 0.2) is 0 Å². The van der Waals surface area contributed by atoms with E-state index in [9.17, 15) is 13.2 Å². The van der Waals surface area contributed by atoms with E-state index in [1.807, 2.05) is 6.07 Å². The fourth-order valence-electron chi connectivity index (χ4n) is 2.40. The minimum atomic E-state index is -3.70. The van der Waals surface area contributed by atoms with Crippen LogP contribution in [0.15, 0.2) is 23.1 Å². The molecule has 5 nitrogen and oxygen atoms in total. The number of esters is 1. The Morgan fingerprint density at radius 3 is 2.55 bits per heavy atom. The average Bonchev–Trinajstić information content (AvgIpc) is 2.45. The zero-order chi connectivity index (χ0) is 14.8. The van der Waals surface area contributed by atoms with Gasteiger partial charge in [0.1, 0.15) is 6.04 Å². The first kappa shape index (κ1) is 15.0. The van der Waals surface area contributed by atoms with Gasteiger partial charge in [0, 0.05) is 0 Å². The van der Waals surface area contributed by atoms with E-state index in [1.54, 1.807) is 12.1 Å². The second kappa shape index (κ2) is 5.93. The van der Waals surface area contributed by atoms with Crippen LogP contribution in [0, 0.1) is 0 Å². The molecule has 0 fully saturated rings. The highest BCUT2D eigenvalue weighted by atomic mass is 32.2. The average molecular weight is 297 g/mol. The Bertz CT molecular complexity index is 610. The largest absolute Gasteiger partial charge is 0.468 e. The summed E-state index contributed by atoms with van der Waals surface area (Å²) in [4.78, 5) is 11.5. The van der Waals surface area contributed by atoms with E-state index in [1.165, 1.54) is 19.6 Å². The zero-order valence-electron chi connectivity index (χ0n) is 11.7. The van der Waals surface area contributed by atoms with Gasteiger partial charge in [0.05, 0.1) is 12.0 Å². The molecule has 0 saturated carbocycles. The van der Waals surface area contributed by atoms with Gasteiger partial charge in [-0.15, -0.1) is 0 Å². The number of methoxy groups -OCH3 is 1. The Balaban J connectivity index is 2.23. The Morgan fingerprint density at radius 2 is 1.90 bits per heavy atom. The maximum Gasteiger partial charge on any atom is 0.323 e. The fourth-order valence-corrected chi connectivity index (χ4v) is 3.64. The van der Waals surface area contributed by atoms with Crippen molar-refractivity contribution in [1.82, 2.24) is 4.72 Å². The molecule has 1 aromatic carbocycles. The second-order valence-electron chi connectivity index (χ2n) is 5.00. The van der Waals surface area contributed by atoms with Crippen LogP contribution in [0.25, 0.3) is 0 Å². The minimum Gasteiger partial charge on any atom is -0.468 e. The van der Waals surface area contributed by atoms with Crippen LogP contribution in [0.5, 0.6) is 0 Å². The smallest absolute Gasteiger partial charge is 0.323 e. The molecule has 20 heavy (non-hydrogen) atoms. The molecule has 2 rings (SSSR count). The summed E-state index contributed by atoms with van der Waals surface area (Å²) in [6.45, 7) is 1.46. The van der Waals surface area contributed by atoms with Gasteiger partial charge >= 0.3 is 5.97 Å². The number of hydrogen-bond donors (Lipinski definition) is 1. The molecule has 1 aromatic rings. The number of rotatable bonds is 4. The number of sulfonamides is 1. The van der Waals surface area contributed by atoms with Crippen molar-refractivity contribution in [2.75, 3.05) is 7.11 Å². The number of benzene rings is 1. The van der Waals surface area contributed by atoms with Crippen LogP contribution in [0.2, 0.25) is 0 Å². The van der Waals surface area contributed by atoms with Gasteiger partial charge in [0.2, 0.25) is 10.0 Å². The van der Waals surface area contributed by atoms with Crippen LogP contribution in [0.4, 0.5) is 0 Å². The van der Waals surface area contributed by atoms with Crippen molar-refractivity contribution in [2.24, 2.45) is 0 Å². The summed E-state index contributed by atoms with van der Waals surface area (Å²) in [5.41, 5.74) is 2.31. The topological polar surface area (TPSA) is 72.5 Å². The standard InChI is InChI=1S/C14H19NO4S/c1-10(14(16)19-2)15-20(17,18)13-8-7-11-5-3-4-6-12(11)9-13/h7-10,15H,3-6H2,1-2H3. The van der Waals surface area contributed by atoms with Gasteiger partial charge in [-0.1, -0.05) is 6.07 Å². The van der Waals surface area contributed by atoms with Gasteiger partial charge in [-0.05, 0) is 55.9 Å². The SMILES string of the molecule is COC(=O)C(C)NS(=O)(=O)c1ccc2c(c1)CCCC2. The molecule has 0 bridgehead atoms. The minimum absolute atomic E-state index is 0.203. The Morgan fingerprint density at radius 1 is 1.25 bits per heavy atom. The summed E-state index contributed by atoms with van der Waals surface area (Å²) in [6.07, 6.45) is 4.14. The number of carbonyl (C=O) groups is 1. The lowest BCUT2D eigenvalue weighted by molar-refractivity contribution is -0.142. The van der Waals surface area contributed by atoms with Crippen LogP contribution in [-0.4, -0.2) is 27.5 Å². The Labute approximate surface area is 119 Å². The Hall–Kier alpha value is -1.40. The van der Waals surface area contributed by atoms with Crippen LogP contribution in [0.1, 0.15) is 30.9 Å². The number of aryl methyl sites for hydroxylation is 2. The summed E-state index contributed by atoms with van der Waals surface area (Å²) in [7, 11) is -2.47. The number of fused-ring (bicyclic) bond motifs is 1. The molecular weight excluding hydrogens is 278 g/mol. The molecule has 0 saturated heterocycles. The van der Waals surface area contributed by atoms with Crippen LogP contribution in [0.3, 0.4) is 0 Å². The Kier molecular flexibility index (Phi) is 4.45. The molecule has 1 N–H and O–H groups in total. The molecule has 1 aliphatic rings. The zero-order valence-corrected chi connectivity index (χ0v) is 12.5. The molecule has 1 aliphatic carbocycles. The lowest BCUT2D eigenvalue weighted by Gasteiger charge is -2.17. The van der Waals surface area contributed by atoms with E-state index in [0.29, 0.717) is 0 Å². The maximum atomic E-state index is 12.2. The third-order valence-corrected chi connectivity index (χ3v) is 5.06. The van der Waals surface area contributed by atoms with Crippen LogP contribution >= 0.6 is 0 Å². The molecule has 0 radical (unpaired) electrons. The van der Waals surface area contributed by atoms with Gasteiger partial charge < -0.3 is 4.74 Å². The van der Waals surface area contributed by atoms with Crippen molar-refractivity contribution in [2.45, 2.75) is 43.5 Å². The van der Waals surface area contributed by atoms with Gasteiger partial charge in [0.25, 0.3) is 0 Å². The summed E-state index contributed by atoms with van der Waals surface area (Å²) in [5, 5.41) is 0. The quantitative estimate of drug-likeness (QED) is 0.853. The third kappa shape index (κ3) is 3.19. The number of ether oxygens (including phenoxy) is 1. The second-order valence-corrected chi connectivity index (χ2v) is 6.72. The van der Waals surface area contributed by atoms with Crippen molar-refractivity contribution in [3.63, 3.8) is 0 Å². The van der Waals surface area contributed by atoms with Crippen LogP contribution in [-0.2, 0) is 32.4 Å². The molecular formula is C14H19NO4S. The van der Waals surface area contributed by atoms with Gasteiger partial charge in [-0.3, -0.25) is 4.79 Å². The molecule has 1 unspecified atom stereocenters. The normalized spacial score (nSPS) is 16.3. The van der Waals surface area contributed by atoms with E-state index in [4.69, 9.17) is 0 Å². The molecule has 0 heterocycles. The number of nitrogens with one attached hydrogen (secondary N) is 1. The predicted molar refractivity (Wildman–Crippen MR) is 74.9 cm³/mol. The summed E-state index contributed by atoms with van der Waals surface area (Å²) in [6, 6.07) is 4.27. The summed E-state index contributed by atoms with van der Waals surface area (Å²) < 4.78 is 31.3. The summed E-state index contributed by atoms with van der Waals surface area (Å²) in [5.74, 6) is -0.605. The fraction of sp³-hybridized carbons (Fsp3) is 0.500. The van der Waals surface area contributed by atoms with E-state index in [2.05, 4.69) is 9.46 Å². The van der Waals surface area contributed by atoms with Crippen LogP contribution < -0.4 is 4.72 Å². The predicted octanol–water partition coefficient (Wildman–Crippen LogP) is 1.41. The van der Waals surface area contributed by atoms with Gasteiger partial charge in [-0.25, -0.2) is 8.42 Å². The van der Waals surface area contributed by atoms with Crippen molar-refractivity contribution in [3.05, 3.63) is 29.3 Å². The lowest BCUT2D eigenvalue weighted by atomic mass is 9.92. The van der Waals surface area contributed by atoms with Crippen molar-refractivity contribution < 1.29 is 17.9 Å². The van der Waals surface area contributed by atoms with Crippen molar-refractivity contribution in [3.8, 4) is 0 Å². The van der Waals surface area contributed by atoms with E-state index in [0.717, 1.165) is 31.2 Å². The molecule has 6 heteroatoms. The first-order valence-corrected chi connectivity index (χ1v) is 8.14. The monoisotopic (exact) mass is 297 g/mol. The molecule has 1 atom stereocenters. The molecule has 0 aromatic heterocycles. The van der Waals surface area contributed by atoms with Crippen molar-refractivity contribution >= 4 is 16.0 Å².